The number of nitrogens with two attached hydrogens (primary N) is 1. The van der Waals surface area contributed by atoms with Gasteiger partial charge in [0.25, 0.3) is 0 Å². The lowest BCUT2D eigenvalue weighted by molar-refractivity contribution is -0.0510. The second-order valence-corrected chi connectivity index (χ2v) is 5.82. The molecular formula is C10H14BrN5O4. The zero-order chi connectivity index (χ0) is 14.5. The van der Waals surface area contributed by atoms with Crippen LogP contribution in [-0.4, -0.2) is 80.5 Å². The number of amidine groups is 2. The molecule has 0 amide bonds. The summed E-state index contributed by atoms with van der Waals surface area (Å²) < 4.78 is 4.39. The molecule has 1 fully saturated rings. The molecule has 0 aromatic carbocycles. The molecule has 1 unspecified atom stereocenters. The van der Waals surface area contributed by atoms with Gasteiger partial charge in [0, 0.05) is 0 Å². The molecule has 110 valence electrons. The minimum absolute atomic E-state index is 0.156. The predicted octanol–water partition coefficient (Wildman–Crippen LogP) is -2.41. The minimum Gasteiger partial charge on any atom is -0.394 e. The fourth-order valence-electron chi connectivity index (χ4n) is 2.37. The SMILES string of the molecule is NC1=NCN=C2N([C@@H]3O[C@H](CO)[C@@H](O)[C@H]3O)C=NC12Br. The molecule has 0 spiro atoms. The number of aliphatic hydroxyl groups excluding tert-OH is 3. The Bertz CT molecular complexity index is 512. The zero-order valence-corrected chi connectivity index (χ0v) is 11.9. The maximum Gasteiger partial charge on any atom is 0.230 e. The van der Waals surface area contributed by atoms with Crippen molar-refractivity contribution >= 4 is 33.9 Å². The number of nitrogens with zero attached hydrogens (tertiary/aromatic N) is 4. The van der Waals surface area contributed by atoms with Gasteiger partial charge in [0.05, 0.1) is 12.9 Å². The van der Waals surface area contributed by atoms with Gasteiger partial charge in [0.15, 0.2) is 12.1 Å². The summed E-state index contributed by atoms with van der Waals surface area (Å²) in [6, 6.07) is 0. The van der Waals surface area contributed by atoms with Crippen molar-refractivity contribution in [2.24, 2.45) is 20.7 Å². The third kappa shape index (κ3) is 1.79. The number of halogens is 1. The van der Waals surface area contributed by atoms with Crippen LogP contribution < -0.4 is 5.73 Å². The van der Waals surface area contributed by atoms with Crippen LogP contribution in [0.5, 0.6) is 0 Å². The van der Waals surface area contributed by atoms with Gasteiger partial charge in [0.1, 0.15) is 30.8 Å². The van der Waals surface area contributed by atoms with Crippen LogP contribution in [0.2, 0.25) is 0 Å². The smallest absolute Gasteiger partial charge is 0.230 e. The number of rotatable bonds is 2. The van der Waals surface area contributed by atoms with Gasteiger partial charge in [-0.1, -0.05) is 0 Å². The molecule has 9 nitrogen and oxygen atoms in total. The molecular weight excluding hydrogens is 334 g/mol. The lowest BCUT2D eigenvalue weighted by atomic mass is 10.1. The summed E-state index contributed by atoms with van der Waals surface area (Å²) in [6.45, 7) is -0.238. The van der Waals surface area contributed by atoms with E-state index >= 15 is 0 Å². The van der Waals surface area contributed by atoms with Gasteiger partial charge < -0.3 is 25.8 Å². The summed E-state index contributed by atoms with van der Waals surface area (Å²) in [5.74, 6) is 0.688. The Morgan fingerprint density at radius 1 is 1.45 bits per heavy atom. The first-order valence-corrected chi connectivity index (χ1v) is 6.78. The Kier molecular flexibility index (Phi) is 3.29. The van der Waals surface area contributed by atoms with Crippen LogP contribution in [-0.2, 0) is 4.74 Å². The van der Waals surface area contributed by atoms with Crippen LogP contribution >= 0.6 is 15.9 Å². The molecule has 0 aromatic heterocycles. The Morgan fingerprint density at radius 2 is 2.20 bits per heavy atom. The van der Waals surface area contributed by atoms with Crippen molar-refractivity contribution < 1.29 is 20.1 Å². The van der Waals surface area contributed by atoms with E-state index in [2.05, 4.69) is 30.9 Å². The lowest BCUT2D eigenvalue weighted by Crippen LogP contribution is -2.53. The molecule has 3 aliphatic rings. The highest BCUT2D eigenvalue weighted by molar-refractivity contribution is 9.10. The van der Waals surface area contributed by atoms with Crippen molar-refractivity contribution in [3.05, 3.63) is 0 Å². The van der Waals surface area contributed by atoms with Gasteiger partial charge in [-0.15, -0.1) is 0 Å². The van der Waals surface area contributed by atoms with Crippen LogP contribution in [0.4, 0.5) is 0 Å². The van der Waals surface area contributed by atoms with Crippen molar-refractivity contribution in [1.29, 1.82) is 0 Å². The van der Waals surface area contributed by atoms with Crippen molar-refractivity contribution in [2.45, 2.75) is 29.0 Å². The molecule has 0 aliphatic carbocycles. The van der Waals surface area contributed by atoms with Crippen LogP contribution in [0.3, 0.4) is 0 Å². The molecule has 0 aromatic rings. The van der Waals surface area contributed by atoms with Gasteiger partial charge in [-0.2, -0.15) is 0 Å². The molecule has 3 heterocycles. The molecule has 1 saturated heterocycles. The summed E-state index contributed by atoms with van der Waals surface area (Å²) in [6.07, 6.45) is -2.71. The molecule has 5 atom stereocenters. The number of aliphatic imine (C=N–C) groups is 3. The quantitative estimate of drug-likeness (QED) is 0.324. The average molecular weight is 348 g/mol. The maximum absolute atomic E-state index is 10.0. The third-order valence-electron chi connectivity index (χ3n) is 3.49. The largest absolute Gasteiger partial charge is 0.394 e. The molecule has 0 bridgehead atoms. The molecule has 0 radical (unpaired) electrons. The molecule has 5 N–H and O–H groups in total. The van der Waals surface area contributed by atoms with E-state index in [0.717, 1.165) is 0 Å². The Hall–Kier alpha value is -1.07. The standard InChI is InChI=1S/C10H14BrN5O4/c11-10-8(12)13-2-14-9(10)16(3-15-10)7-6(19)5(18)4(1-17)20-7/h3-7,17-19H,1-2H2,(H2,12,13)/t4-,5-,6-,7-,10?/m1/s1. The van der Waals surface area contributed by atoms with E-state index in [0.29, 0.717) is 5.84 Å². The zero-order valence-electron chi connectivity index (χ0n) is 10.3. The Labute approximate surface area is 122 Å². The van der Waals surface area contributed by atoms with E-state index in [1.165, 1.54) is 11.2 Å². The van der Waals surface area contributed by atoms with E-state index < -0.39 is 35.6 Å². The normalized spacial score (nSPS) is 43.5. The first-order valence-electron chi connectivity index (χ1n) is 5.99. The molecule has 3 aliphatic heterocycles. The topological polar surface area (TPSA) is 136 Å². The van der Waals surface area contributed by atoms with Crippen LogP contribution in [0.1, 0.15) is 0 Å². The van der Waals surface area contributed by atoms with Crippen LogP contribution in [0, 0.1) is 0 Å². The number of hydrogen-bond donors (Lipinski definition) is 4. The van der Waals surface area contributed by atoms with Crippen molar-refractivity contribution in [3.8, 4) is 0 Å². The van der Waals surface area contributed by atoms with Crippen molar-refractivity contribution in [3.63, 3.8) is 0 Å². The Morgan fingerprint density at radius 3 is 2.85 bits per heavy atom. The van der Waals surface area contributed by atoms with Crippen molar-refractivity contribution in [1.82, 2.24) is 4.90 Å². The number of alkyl halides is 1. The van der Waals surface area contributed by atoms with E-state index in [-0.39, 0.29) is 12.5 Å². The highest BCUT2D eigenvalue weighted by Gasteiger charge is 2.53. The number of fused-ring (bicyclic) bond motifs is 1. The van der Waals surface area contributed by atoms with Gasteiger partial charge in [-0.3, -0.25) is 4.90 Å². The monoisotopic (exact) mass is 347 g/mol. The molecule has 3 rings (SSSR count). The highest BCUT2D eigenvalue weighted by atomic mass is 79.9. The summed E-state index contributed by atoms with van der Waals surface area (Å²) >= 11 is 3.37. The summed E-state index contributed by atoms with van der Waals surface area (Å²) in [7, 11) is 0. The fourth-order valence-corrected chi connectivity index (χ4v) is 2.92. The van der Waals surface area contributed by atoms with Crippen LogP contribution in [0.15, 0.2) is 15.0 Å². The van der Waals surface area contributed by atoms with E-state index in [4.69, 9.17) is 15.6 Å². The predicted molar refractivity (Wildman–Crippen MR) is 73.7 cm³/mol. The minimum atomic E-state index is -1.20. The number of hydrogen-bond acceptors (Lipinski definition) is 9. The van der Waals surface area contributed by atoms with E-state index in [9.17, 15) is 10.2 Å². The molecule has 0 saturated carbocycles. The second kappa shape index (κ2) is 4.74. The highest BCUT2D eigenvalue weighted by Crippen LogP contribution is 2.34. The summed E-state index contributed by atoms with van der Waals surface area (Å²) in [4.78, 5) is 13.9. The summed E-state index contributed by atoms with van der Waals surface area (Å²) in [5.41, 5.74) is 5.82. The van der Waals surface area contributed by atoms with Crippen LogP contribution in [0.25, 0.3) is 0 Å². The van der Waals surface area contributed by atoms with Gasteiger partial charge >= 0.3 is 0 Å². The molecule has 20 heavy (non-hydrogen) atoms. The second-order valence-electron chi connectivity index (χ2n) is 4.67. The van der Waals surface area contributed by atoms with Crippen molar-refractivity contribution in [2.75, 3.05) is 13.3 Å². The third-order valence-corrected chi connectivity index (χ3v) is 4.46. The first-order chi connectivity index (χ1) is 9.49. The Balaban J connectivity index is 1.87. The first kappa shape index (κ1) is 13.9. The fraction of sp³-hybridized carbons (Fsp3) is 0.700. The van der Waals surface area contributed by atoms with E-state index in [1.807, 2.05) is 0 Å². The van der Waals surface area contributed by atoms with E-state index in [1.54, 1.807) is 0 Å². The average Bonchev–Trinajstić information content (AvgIpc) is 2.91. The molecule has 10 heteroatoms. The number of aliphatic hydroxyl groups is 3. The number of ether oxygens (including phenoxy) is 1. The maximum atomic E-state index is 10.0. The lowest BCUT2D eigenvalue weighted by Gasteiger charge is -2.31. The van der Waals surface area contributed by atoms with Gasteiger partial charge in [0.2, 0.25) is 4.45 Å². The van der Waals surface area contributed by atoms with Gasteiger partial charge in [-0.25, -0.2) is 15.0 Å². The van der Waals surface area contributed by atoms with Gasteiger partial charge in [-0.05, 0) is 15.9 Å². The summed E-state index contributed by atoms with van der Waals surface area (Å²) in [5, 5.41) is 28.9.